The molecule has 8 atom stereocenters. The molecular formula is C34H50O5Si. The van der Waals surface area contributed by atoms with Crippen molar-refractivity contribution in [3.8, 4) is 0 Å². The van der Waals surface area contributed by atoms with E-state index < -0.39 is 8.32 Å². The van der Waals surface area contributed by atoms with E-state index in [4.69, 9.17) is 13.9 Å². The maximum atomic E-state index is 13.6. The molecule has 0 saturated heterocycles. The third kappa shape index (κ3) is 5.02. The minimum absolute atomic E-state index is 0.0685. The van der Waals surface area contributed by atoms with Crippen LogP contribution in [0.3, 0.4) is 0 Å². The lowest BCUT2D eigenvalue weighted by atomic mass is 9.46. The van der Waals surface area contributed by atoms with Crippen molar-refractivity contribution in [2.45, 2.75) is 123 Å². The zero-order valence-corrected chi connectivity index (χ0v) is 26.9. The fourth-order valence-electron chi connectivity index (χ4n) is 8.61. The number of allylic oxidation sites excluding steroid dienone is 1. The molecule has 1 aromatic rings. The summed E-state index contributed by atoms with van der Waals surface area (Å²) in [6, 6.07) is 9.37. The van der Waals surface area contributed by atoms with Gasteiger partial charge in [-0.25, -0.2) is 4.79 Å². The second kappa shape index (κ2) is 10.4. The van der Waals surface area contributed by atoms with E-state index in [1.807, 2.05) is 30.3 Å². The fraction of sp³-hybridized carbons (Fsp3) is 0.706. The van der Waals surface area contributed by atoms with E-state index in [2.05, 4.69) is 53.8 Å². The van der Waals surface area contributed by atoms with Crippen molar-refractivity contribution in [1.29, 1.82) is 0 Å². The topological polar surface area (TPSA) is 61.8 Å². The second-order valence-electron chi connectivity index (χ2n) is 15.1. The minimum atomic E-state index is -2.03. The van der Waals surface area contributed by atoms with E-state index in [1.165, 1.54) is 18.9 Å². The highest BCUT2D eigenvalue weighted by Gasteiger charge is 2.66. The molecule has 0 amide bonds. The van der Waals surface area contributed by atoms with Crippen LogP contribution >= 0.6 is 0 Å². The number of hydrogen-bond acceptors (Lipinski definition) is 5. The Balaban J connectivity index is 1.59. The molecule has 3 fully saturated rings. The standard InChI is InChI=1S/C34H50O5Si/c1-22(35)37-26-20-24-16-12-13-19-33(24,5)30-27(38-31(36)23-14-10-9-11-15-23)21-34(6)25(29(26)30)17-18-28(34)39-40(7,8)32(2,3)4/h9-11,14-15,20,25-30H,12-13,16-19,21H2,1-8H3. The van der Waals surface area contributed by atoms with Crippen LogP contribution in [-0.2, 0) is 18.7 Å². The van der Waals surface area contributed by atoms with E-state index in [1.54, 1.807) is 0 Å². The number of carbonyl (C=O) groups excluding carboxylic acids is 2. The van der Waals surface area contributed by atoms with E-state index in [0.29, 0.717) is 11.5 Å². The Morgan fingerprint density at radius 2 is 1.70 bits per heavy atom. The summed E-state index contributed by atoms with van der Waals surface area (Å²) in [4.78, 5) is 26.1. The zero-order valence-electron chi connectivity index (χ0n) is 25.9. The van der Waals surface area contributed by atoms with Gasteiger partial charge in [0.25, 0.3) is 0 Å². The van der Waals surface area contributed by atoms with Crippen LogP contribution in [0.25, 0.3) is 0 Å². The third-order valence-corrected chi connectivity index (χ3v) is 16.1. The Morgan fingerprint density at radius 1 is 1.00 bits per heavy atom. The van der Waals surface area contributed by atoms with Crippen LogP contribution in [0.4, 0.5) is 0 Å². The first-order valence-electron chi connectivity index (χ1n) is 15.5. The lowest BCUT2D eigenvalue weighted by Crippen LogP contribution is -2.62. The van der Waals surface area contributed by atoms with Crippen LogP contribution < -0.4 is 0 Å². The molecule has 220 valence electrons. The highest BCUT2D eigenvalue weighted by Crippen LogP contribution is 2.66. The van der Waals surface area contributed by atoms with Crippen molar-refractivity contribution in [2.75, 3.05) is 0 Å². The Morgan fingerprint density at radius 3 is 2.35 bits per heavy atom. The van der Waals surface area contributed by atoms with Crippen LogP contribution in [0.1, 0.15) is 96.8 Å². The largest absolute Gasteiger partial charge is 0.458 e. The third-order valence-electron chi connectivity index (χ3n) is 11.7. The number of benzene rings is 1. The van der Waals surface area contributed by atoms with Gasteiger partial charge in [-0.05, 0) is 91.6 Å². The van der Waals surface area contributed by atoms with Crippen molar-refractivity contribution < 1.29 is 23.5 Å². The zero-order chi connectivity index (χ0) is 29.1. The number of fused-ring (bicyclic) bond motifs is 5. The molecule has 40 heavy (non-hydrogen) atoms. The molecule has 4 aliphatic rings. The molecule has 0 bridgehead atoms. The van der Waals surface area contributed by atoms with Crippen LogP contribution in [0.15, 0.2) is 42.0 Å². The average Bonchev–Trinajstić information content (AvgIpc) is 3.18. The van der Waals surface area contributed by atoms with Crippen molar-refractivity contribution >= 4 is 20.3 Å². The van der Waals surface area contributed by atoms with Crippen LogP contribution in [0.2, 0.25) is 18.1 Å². The molecular weight excluding hydrogens is 516 g/mol. The maximum Gasteiger partial charge on any atom is 0.338 e. The number of esters is 2. The first kappa shape index (κ1) is 29.6. The lowest BCUT2D eigenvalue weighted by molar-refractivity contribution is -0.177. The van der Waals surface area contributed by atoms with Crippen molar-refractivity contribution in [3.05, 3.63) is 47.5 Å². The van der Waals surface area contributed by atoms with Crippen LogP contribution in [-0.4, -0.2) is 38.6 Å². The molecule has 8 unspecified atom stereocenters. The predicted octanol–water partition coefficient (Wildman–Crippen LogP) is 8.11. The Bertz CT molecular complexity index is 1150. The molecule has 4 aliphatic carbocycles. The summed E-state index contributed by atoms with van der Waals surface area (Å²) in [5.74, 6) is 0.0356. The fourth-order valence-corrected chi connectivity index (χ4v) is 10.1. The van der Waals surface area contributed by atoms with Gasteiger partial charge >= 0.3 is 11.9 Å². The SMILES string of the molecule is CC(=O)OC1C=C2CCCCC2(C)C2C(OC(=O)c3ccccc3)CC3(C)C(O[Si](C)(C)C(C)(C)C)CCC3C12. The van der Waals surface area contributed by atoms with Crippen LogP contribution in [0, 0.1) is 28.6 Å². The quantitative estimate of drug-likeness (QED) is 0.205. The minimum Gasteiger partial charge on any atom is -0.458 e. The molecule has 1 aromatic carbocycles. The van der Waals surface area contributed by atoms with Gasteiger partial charge < -0.3 is 13.9 Å². The molecule has 5 nitrogen and oxygen atoms in total. The van der Waals surface area contributed by atoms with Gasteiger partial charge in [0, 0.05) is 18.8 Å². The molecule has 0 aromatic heterocycles. The van der Waals surface area contributed by atoms with Crippen LogP contribution in [0.5, 0.6) is 0 Å². The van der Waals surface area contributed by atoms with Gasteiger partial charge in [0.2, 0.25) is 0 Å². The van der Waals surface area contributed by atoms with E-state index in [0.717, 1.165) is 38.5 Å². The molecule has 0 heterocycles. The van der Waals surface area contributed by atoms with Gasteiger partial charge in [-0.3, -0.25) is 4.79 Å². The summed E-state index contributed by atoms with van der Waals surface area (Å²) in [6.45, 7) is 17.8. The van der Waals surface area contributed by atoms with E-state index in [9.17, 15) is 9.59 Å². The smallest absolute Gasteiger partial charge is 0.338 e. The summed E-state index contributed by atoms with van der Waals surface area (Å²) in [5, 5.41) is 0.107. The predicted molar refractivity (Wildman–Crippen MR) is 160 cm³/mol. The van der Waals surface area contributed by atoms with Gasteiger partial charge in [0.05, 0.1) is 11.7 Å². The Kier molecular flexibility index (Phi) is 7.70. The highest BCUT2D eigenvalue weighted by molar-refractivity contribution is 6.74. The number of ether oxygens (including phenoxy) is 2. The average molecular weight is 567 g/mol. The summed E-state index contributed by atoms with van der Waals surface area (Å²) in [5.41, 5.74) is 1.74. The second-order valence-corrected chi connectivity index (χ2v) is 19.8. The van der Waals surface area contributed by atoms with Gasteiger partial charge in [-0.15, -0.1) is 0 Å². The number of rotatable bonds is 5. The number of carbonyl (C=O) groups is 2. The molecule has 5 rings (SSSR count). The van der Waals surface area contributed by atoms with E-state index in [-0.39, 0.29) is 58.0 Å². The van der Waals surface area contributed by atoms with Gasteiger partial charge in [-0.1, -0.05) is 64.8 Å². The summed E-state index contributed by atoms with van der Waals surface area (Å²) >= 11 is 0. The summed E-state index contributed by atoms with van der Waals surface area (Å²) in [6.07, 6.45) is 9.10. The molecule has 3 saturated carbocycles. The number of hydrogen-bond donors (Lipinski definition) is 0. The molecule has 0 N–H and O–H groups in total. The maximum absolute atomic E-state index is 13.6. The van der Waals surface area contributed by atoms with Gasteiger partial charge in [0.15, 0.2) is 8.32 Å². The van der Waals surface area contributed by atoms with E-state index >= 15 is 0 Å². The van der Waals surface area contributed by atoms with Gasteiger partial charge in [-0.2, -0.15) is 0 Å². The normalized spacial score (nSPS) is 37.5. The Labute approximate surface area is 242 Å². The molecule has 6 heteroatoms. The van der Waals surface area contributed by atoms with Crippen molar-refractivity contribution in [2.24, 2.45) is 28.6 Å². The molecule has 0 aliphatic heterocycles. The monoisotopic (exact) mass is 566 g/mol. The Hall–Kier alpha value is -1.92. The first-order chi connectivity index (χ1) is 18.7. The lowest BCUT2D eigenvalue weighted by Gasteiger charge is -2.61. The molecule has 0 spiro atoms. The molecule has 0 radical (unpaired) electrons. The summed E-state index contributed by atoms with van der Waals surface area (Å²) in [7, 11) is -2.03. The highest BCUT2D eigenvalue weighted by atomic mass is 28.4. The summed E-state index contributed by atoms with van der Waals surface area (Å²) < 4.78 is 19.9. The van der Waals surface area contributed by atoms with Crippen molar-refractivity contribution in [1.82, 2.24) is 0 Å². The van der Waals surface area contributed by atoms with Gasteiger partial charge in [0.1, 0.15) is 12.2 Å². The first-order valence-corrected chi connectivity index (χ1v) is 18.4. The van der Waals surface area contributed by atoms with Crippen molar-refractivity contribution in [3.63, 3.8) is 0 Å².